The van der Waals surface area contributed by atoms with Crippen LogP contribution in [-0.4, -0.2) is 26.8 Å². The lowest BCUT2D eigenvalue weighted by atomic mass is 9.95. The third kappa shape index (κ3) is 4.17. The Morgan fingerprint density at radius 3 is 2.56 bits per heavy atom. The smallest absolute Gasteiger partial charge is 0.335 e. The van der Waals surface area contributed by atoms with E-state index >= 15 is 0 Å². The van der Waals surface area contributed by atoms with E-state index in [0.717, 1.165) is 16.8 Å². The Bertz CT molecular complexity index is 1450. The second-order valence-electron chi connectivity index (χ2n) is 7.62. The van der Waals surface area contributed by atoms with Crippen LogP contribution in [0.1, 0.15) is 27.0 Å². The van der Waals surface area contributed by atoms with Crippen LogP contribution in [0.3, 0.4) is 0 Å². The molecule has 1 aliphatic rings. The number of carboxylic acids is 1. The fourth-order valence-electron chi connectivity index (χ4n) is 3.82. The minimum Gasteiger partial charge on any atom is -0.478 e. The number of nitrogens with zero attached hydrogens (tertiary/aromatic N) is 3. The van der Waals surface area contributed by atoms with E-state index in [1.807, 2.05) is 6.07 Å². The van der Waals surface area contributed by atoms with Gasteiger partial charge in [0.05, 0.1) is 34.1 Å². The van der Waals surface area contributed by atoms with E-state index in [-0.39, 0.29) is 22.7 Å². The minimum absolute atomic E-state index is 0.197. The van der Waals surface area contributed by atoms with Crippen LogP contribution in [0.25, 0.3) is 11.3 Å². The number of quaternary nitrogens is 1. The molecule has 1 aliphatic heterocycles. The summed E-state index contributed by atoms with van der Waals surface area (Å²) in [7, 11) is 0. The predicted octanol–water partition coefficient (Wildman–Crippen LogP) is 5.17. The van der Waals surface area contributed by atoms with Gasteiger partial charge in [0.15, 0.2) is 0 Å². The van der Waals surface area contributed by atoms with Crippen molar-refractivity contribution in [3.63, 3.8) is 0 Å². The molecule has 0 bridgehead atoms. The molecule has 0 fully saturated rings. The van der Waals surface area contributed by atoms with E-state index in [4.69, 9.17) is 33.3 Å². The maximum atomic E-state index is 14.8. The maximum Gasteiger partial charge on any atom is 0.335 e. The Hall–Kier alpha value is -3.65. The third-order valence-corrected chi connectivity index (χ3v) is 5.99. The fraction of sp³-hybridized carbons (Fsp3) is 0.0400. The Kier molecular flexibility index (Phi) is 5.83. The number of aliphatic imine (C=N–C) groups is 1. The van der Waals surface area contributed by atoms with Crippen LogP contribution in [-0.2, 0) is 6.54 Å². The van der Waals surface area contributed by atoms with Crippen molar-refractivity contribution in [2.75, 3.05) is 0 Å². The van der Waals surface area contributed by atoms with Gasteiger partial charge in [-0.15, -0.1) is 0 Å². The van der Waals surface area contributed by atoms with E-state index in [2.05, 4.69) is 9.98 Å². The van der Waals surface area contributed by atoms with E-state index in [1.165, 1.54) is 18.2 Å². The summed E-state index contributed by atoms with van der Waals surface area (Å²) in [4.78, 5) is 24.9. The van der Waals surface area contributed by atoms with Crippen molar-refractivity contribution in [2.45, 2.75) is 6.54 Å². The van der Waals surface area contributed by atoms with E-state index < -0.39 is 11.8 Å². The second-order valence-corrected chi connectivity index (χ2v) is 8.47. The van der Waals surface area contributed by atoms with Gasteiger partial charge < -0.3 is 5.11 Å². The molecule has 2 heterocycles. The number of fused-ring (bicyclic) bond motifs is 3. The van der Waals surface area contributed by atoms with Crippen molar-refractivity contribution in [3.8, 4) is 11.3 Å². The summed E-state index contributed by atoms with van der Waals surface area (Å²) in [6.07, 6.45) is 1.69. The molecule has 34 heavy (non-hydrogen) atoms. The van der Waals surface area contributed by atoms with Crippen LogP contribution in [0, 0.1) is 5.82 Å². The Morgan fingerprint density at radius 1 is 1.03 bits per heavy atom. The molecule has 0 spiro atoms. The van der Waals surface area contributed by atoms with Crippen molar-refractivity contribution in [1.29, 1.82) is 0 Å². The third-order valence-electron chi connectivity index (χ3n) is 5.44. The first-order valence-corrected chi connectivity index (χ1v) is 11.0. The number of benzene rings is 3. The molecule has 3 N–H and O–H groups in total. The standard InChI is InChI=1S/C25H15Cl2FN4O2/c26-15-6-9-17-18(10-15)23(21-19(27)2-1-3-20(21)28)29-11-14-12-30-25(32-22(14)17)31-16-7-4-13(5-8-16)24(33)34/h1-10,12H,11H2,(H,33,34)(H,30,31,32)/p+1. The highest BCUT2D eigenvalue weighted by Crippen LogP contribution is 2.35. The molecule has 5 rings (SSSR count). The van der Waals surface area contributed by atoms with Crippen molar-refractivity contribution in [2.24, 2.45) is 4.99 Å². The first kappa shape index (κ1) is 22.2. The zero-order chi connectivity index (χ0) is 23.8. The number of rotatable bonds is 4. The highest BCUT2D eigenvalue weighted by atomic mass is 35.5. The molecular weight excluding hydrogens is 478 g/mol. The summed E-state index contributed by atoms with van der Waals surface area (Å²) < 4.78 is 14.8. The van der Waals surface area contributed by atoms with Crippen LogP contribution in [0.2, 0.25) is 10.0 Å². The summed E-state index contributed by atoms with van der Waals surface area (Å²) in [5.74, 6) is -1.03. The van der Waals surface area contributed by atoms with Gasteiger partial charge in [0, 0.05) is 40.0 Å². The van der Waals surface area contributed by atoms with Gasteiger partial charge in [-0.2, -0.15) is 9.97 Å². The summed E-state index contributed by atoms with van der Waals surface area (Å²) in [5, 5.41) is 11.6. The van der Waals surface area contributed by atoms with Gasteiger partial charge in [-0.25, -0.2) is 14.5 Å². The number of carbonyl (C=O) groups is 1. The Morgan fingerprint density at radius 2 is 1.82 bits per heavy atom. The molecule has 0 saturated carbocycles. The van der Waals surface area contributed by atoms with E-state index in [0.29, 0.717) is 27.9 Å². The molecule has 0 radical (unpaired) electrons. The van der Waals surface area contributed by atoms with Crippen molar-refractivity contribution >= 4 is 46.5 Å². The molecule has 168 valence electrons. The molecular formula is C25H16Cl2FN4O2+. The number of nitrogens with two attached hydrogens (primary N) is 1. The number of halogens is 3. The largest absolute Gasteiger partial charge is 0.478 e. The fourth-order valence-corrected chi connectivity index (χ4v) is 4.24. The number of hydrogen-bond donors (Lipinski definition) is 2. The first-order chi connectivity index (χ1) is 16.4. The number of carboxylic acid groups (broad SMARTS) is 1. The lowest BCUT2D eigenvalue weighted by molar-refractivity contribution is -0.487. The van der Waals surface area contributed by atoms with Gasteiger partial charge in [0.2, 0.25) is 0 Å². The molecule has 4 aromatic rings. The summed E-state index contributed by atoms with van der Waals surface area (Å²) in [6, 6.07) is 16.2. The van der Waals surface area contributed by atoms with Gasteiger partial charge >= 0.3 is 11.9 Å². The average molecular weight is 494 g/mol. The summed E-state index contributed by atoms with van der Waals surface area (Å²) in [6.45, 7) is 0.231. The van der Waals surface area contributed by atoms with Gasteiger partial charge in [-0.1, -0.05) is 35.3 Å². The second kappa shape index (κ2) is 8.95. The molecule has 0 unspecified atom stereocenters. The summed E-state index contributed by atoms with van der Waals surface area (Å²) >= 11 is 12.7. The monoisotopic (exact) mass is 493 g/mol. The topological polar surface area (TPSA) is 92.0 Å². The predicted molar refractivity (Wildman–Crippen MR) is 128 cm³/mol. The Balaban J connectivity index is 1.59. The van der Waals surface area contributed by atoms with Crippen LogP contribution < -0.4 is 5.32 Å². The van der Waals surface area contributed by atoms with Crippen LogP contribution in [0.4, 0.5) is 16.0 Å². The van der Waals surface area contributed by atoms with Crippen LogP contribution >= 0.6 is 23.2 Å². The molecule has 1 aromatic heterocycles. The lowest BCUT2D eigenvalue weighted by Gasteiger charge is -2.13. The highest BCUT2D eigenvalue weighted by Gasteiger charge is 2.25. The van der Waals surface area contributed by atoms with Crippen molar-refractivity contribution < 1.29 is 19.6 Å². The minimum atomic E-state index is -0.992. The van der Waals surface area contributed by atoms with Crippen LogP contribution in [0.5, 0.6) is 0 Å². The molecule has 0 aliphatic carbocycles. The van der Waals surface area contributed by atoms with E-state index in [1.54, 1.807) is 47.9 Å². The number of aromatic carboxylic acids is 1. The first-order valence-electron chi connectivity index (χ1n) is 10.2. The van der Waals surface area contributed by atoms with Crippen molar-refractivity contribution in [1.82, 2.24) is 9.97 Å². The lowest BCUT2D eigenvalue weighted by Crippen LogP contribution is -2.72. The highest BCUT2D eigenvalue weighted by molar-refractivity contribution is 6.36. The quantitative estimate of drug-likeness (QED) is 0.383. The van der Waals surface area contributed by atoms with Gasteiger partial charge in [0.1, 0.15) is 11.5 Å². The zero-order valence-corrected chi connectivity index (χ0v) is 19.0. The van der Waals surface area contributed by atoms with Crippen molar-refractivity contribution in [3.05, 3.63) is 105 Å². The van der Waals surface area contributed by atoms with Crippen LogP contribution in [0.15, 0.2) is 71.9 Å². The zero-order valence-electron chi connectivity index (χ0n) is 17.5. The van der Waals surface area contributed by atoms with Gasteiger partial charge in [-0.05, 0) is 36.4 Å². The molecule has 0 atom stereocenters. The van der Waals surface area contributed by atoms with Gasteiger partial charge in [-0.3, -0.25) is 4.99 Å². The SMILES string of the molecule is O=C(O)c1ccc([NH2+]c2ncc3c(n2)-c2ccc(Cl)cc2C(c2c(F)cccc2Cl)=NC3)cc1. The normalized spacial score (nSPS) is 12.4. The number of hydrogen-bond acceptors (Lipinski definition) is 4. The molecule has 3 aromatic carbocycles. The number of aromatic nitrogens is 2. The molecule has 0 amide bonds. The maximum absolute atomic E-state index is 14.8. The molecule has 6 nitrogen and oxygen atoms in total. The van der Waals surface area contributed by atoms with Gasteiger partial charge in [0.25, 0.3) is 0 Å². The van der Waals surface area contributed by atoms with E-state index in [9.17, 15) is 9.18 Å². The summed E-state index contributed by atoms with van der Waals surface area (Å²) in [5.41, 5.74) is 4.33. The molecule has 9 heteroatoms. The Labute approximate surface area is 203 Å². The average Bonchev–Trinajstić information content (AvgIpc) is 2.96. The molecule has 0 saturated heterocycles.